The Hall–Kier alpha value is -2.42. The summed E-state index contributed by atoms with van der Waals surface area (Å²) in [5, 5.41) is 15.6. The molecule has 1 N–H and O–H groups in total. The fraction of sp³-hybridized carbons (Fsp3) is 0.333. The summed E-state index contributed by atoms with van der Waals surface area (Å²) >= 11 is 3.43. The average molecular weight is 392 g/mol. The third-order valence-electron chi connectivity index (χ3n) is 3.46. The molecule has 3 aromatic rings. The Labute approximate surface area is 147 Å². The number of aromatic nitrogens is 6. The van der Waals surface area contributed by atoms with Crippen LogP contribution < -0.4 is 5.32 Å². The maximum absolute atomic E-state index is 12.1. The third-order valence-corrected chi connectivity index (χ3v) is 4.24. The summed E-state index contributed by atoms with van der Waals surface area (Å²) in [7, 11) is 0. The van der Waals surface area contributed by atoms with Crippen molar-refractivity contribution in [2.24, 2.45) is 0 Å². The van der Waals surface area contributed by atoms with Crippen LogP contribution in [0.4, 0.5) is 0 Å². The SMILES string of the molecule is Cc1nn(CCCNC(=O)c2ccn(Cn3cccn3)n2)cc1Br. The van der Waals surface area contributed by atoms with Crippen LogP contribution in [0.5, 0.6) is 0 Å². The number of aryl methyl sites for hydroxylation is 2. The van der Waals surface area contributed by atoms with Crippen molar-refractivity contribution in [3.05, 3.63) is 52.8 Å². The second-order valence-electron chi connectivity index (χ2n) is 5.36. The summed E-state index contributed by atoms with van der Waals surface area (Å²) in [6.45, 7) is 3.75. The highest BCUT2D eigenvalue weighted by molar-refractivity contribution is 9.10. The van der Waals surface area contributed by atoms with Gasteiger partial charge in [0.25, 0.3) is 5.91 Å². The van der Waals surface area contributed by atoms with E-state index in [1.54, 1.807) is 27.8 Å². The Morgan fingerprint density at radius 2 is 2.12 bits per heavy atom. The fourth-order valence-electron chi connectivity index (χ4n) is 2.24. The molecule has 0 aliphatic rings. The maximum Gasteiger partial charge on any atom is 0.271 e. The number of halogens is 1. The van der Waals surface area contributed by atoms with E-state index in [4.69, 9.17) is 0 Å². The predicted molar refractivity (Wildman–Crippen MR) is 91.5 cm³/mol. The smallest absolute Gasteiger partial charge is 0.271 e. The first-order chi connectivity index (χ1) is 11.6. The van der Waals surface area contributed by atoms with Gasteiger partial charge in [-0.25, -0.2) is 0 Å². The molecule has 0 aromatic carbocycles. The van der Waals surface area contributed by atoms with Gasteiger partial charge in [-0.15, -0.1) is 0 Å². The van der Waals surface area contributed by atoms with Crippen molar-refractivity contribution in [2.75, 3.05) is 6.54 Å². The molecule has 0 aliphatic carbocycles. The minimum absolute atomic E-state index is 0.174. The molecule has 126 valence electrons. The van der Waals surface area contributed by atoms with Gasteiger partial charge in [-0.2, -0.15) is 15.3 Å². The van der Waals surface area contributed by atoms with Gasteiger partial charge in [-0.3, -0.25) is 18.8 Å². The maximum atomic E-state index is 12.1. The van der Waals surface area contributed by atoms with Gasteiger partial charge >= 0.3 is 0 Å². The molecule has 0 saturated carbocycles. The van der Waals surface area contributed by atoms with Crippen LogP contribution in [0.15, 0.2) is 41.4 Å². The fourth-order valence-corrected chi connectivity index (χ4v) is 2.55. The standard InChI is InChI=1S/C15H18BrN7O/c1-12-13(16)10-21(19-12)7-2-5-17-15(24)14-4-9-23(20-14)11-22-8-3-6-18-22/h3-4,6,8-10H,2,5,7,11H2,1H3,(H,17,24). The number of carbonyl (C=O) groups excluding carboxylic acids is 1. The number of nitrogens with zero attached hydrogens (tertiary/aromatic N) is 6. The summed E-state index contributed by atoms with van der Waals surface area (Å²) < 4.78 is 6.27. The lowest BCUT2D eigenvalue weighted by Gasteiger charge is -2.04. The lowest BCUT2D eigenvalue weighted by Crippen LogP contribution is -2.26. The van der Waals surface area contributed by atoms with E-state index in [-0.39, 0.29) is 5.91 Å². The van der Waals surface area contributed by atoms with Gasteiger partial charge in [0.05, 0.1) is 10.2 Å². The predicted octanol–water partition coefficient (Wildman–Crippen LogP) is 1.67. The number of amides is 1. The summed E-state index contributed by atoms with van der Waals surface area (Å²) in [5.74, 6) is -0.174. The molecule has 0 spiro atoms. The molecule has 1 amide bonds. The van der Waals surface area contributed by atoms with E-state index in [0.29, 0.717) is 18.9 Å². The van der Waals surface area contributed by atoms with Crippen LogP contribution in [-0.4, -0.2) is 41.8 Å². The van der Waals surface area contributed by atoms with Crippen molar-refractivity contribution in [2.45, 2.75) is 26.6 Å². The lowest BCUT2D eigenvalue weighted by atomic mass is 10.3. The highest BCUT2D eigenvalue weighted by atomic mass is 79.9. The molecule has 0 unspecified atom stereocenters. The van der Waals surface area contributed by atoms with E-state index < -0.39 is 0 Å². The van der Waals surface area contributed by atoms with Crippen molar-refractivity contribution < 1.29 is 4.79 Å². The summed E-state index contributed by atoms with van der Waals surface area (Å²) in [4.78, 5) is 12.1. The van der Waals surface area contributed by atoms with Crippen LogP contribution in [-0.2, 0) is 13.2 Å². The molecular weight excluding hydrogens is 374 g/mol. The minimum Gasteiger partial charge on any atom is -0.351 e. The van der Waals surface area contributed by atoms with E-state index in [2.05, 4.69) is 36.5 Å². The number of hydrogen-bond acceptors (Lipinski definition) is 4. The first-order valence-electron chi connectivity index (χ1n) is 7.60. The zero-order chi connectivity index (χ0) is 16.9. The first kappa shape index (κ1) is 16.4. The monoisotopic (exact) mass is 391 g/mol. The number of hydrogen-bond donors (Lipinski definition) is 1. The first-order valence-corrected chi connectivity index (χ1v) is 8.40. The summed E-state index contributed by atoms with van der Waals surface area (Å²) in [6.07, 6.45) is 8.05. The molecule has 0 bridgehead atoms. The highest BCUT2D eigenvalue weighted by Gasteiger charge is 2.09. The summed E-state index contributed by atoms with van der Waals surface area (Å²) in [6, 6.07) is 3.55. The third kappa shape index (κ3) is 4.10. The molecule has 0 saturated heterocycles. The van der Waals surface area contributed by atoms with Crippen molar-refractivity contribution in [1.29, 1.82) is 0 Å². The van der Waals surface area contributed by atoms with Crippen molar-refractivity contribution in [3.63, 3.8) is 0 Å². The van der Waals surface area contributed by atoms with E-state index in [0.717, 1.165) is 23.1 Å². The topological polar surface area (TPSA) is 82.6 Å². The Kier molecular flexibility index (Phi) is 5.09. The molecule has 8 nitrogen and oxygen atoms in total. The zero-order valence-corrected chi connectivity index (χ0v) is 14.8. The van der Waals surface area contributed by atoms with Gasteiger partial charge < -0.3 is 5.32 Å². The van der Waals surface area contributed by atoms with Crippen molar-refractivity contribution in [1.82, 2.24) is 34.7 Å². The molecule has 9 heteroatoms. The Morgan fingerprint density at radius 3 is 2.83 bits per heavy atom. The normalized spacial score (nSPS) is 10.9. The molecule has 0 atom stereocenters. The Bertz CT molecular complexity index is 786. The molecule has 3 heterocycles. The van der Waals surface area contributed by atoms with Gasteiger partial charge in [0.15, 0.2) is 0 Å². The van der Waals surface area contributed by atoms with Crippen molar-refractivity contribution in [3.8, 4) is 0 Å². The number of carbonyl (C=O) groups is 1. The van der Waals surface area contributed by atoms with Gasteiger partial charge in [0, 0.05) is 37.9 Å². The van der Waals surface area contributed by atoms with Crippen LogP contribution in [0.2, 0.25) is 0 Å². The molecular formula is C15H18BrN7O. The molecule has 0 aliphatic heterocycles. The average Bonchev–Trinajstić information content (AvgIpc) is 3.28. The van der Waals surface area contributed by atoms with Crippen LogP contribution in [0.25, 0.3) is 0 Å². The van der Waals surface area contributed by atoms with Crippen LogP contribution in [0.3, 0.4) is 0 Å². The van der Waals surface area contributed by atoms with E-state index in [9.17, 15) is 4.79 Å². The molecule has 0 fully saturated rings. The van der Waals surface area contributed by atoms with Crippen LogP contribution in [0.1, 0.15) is 22.6 Å². The molecule has 24 heavy (non-hydrogen) atoms. The Morgan fingerprint density at radius 1 is 1.25 bits per heavy atom. The quantitative estimate of drug-likeness (QED) is 0.621. The number of nitrogens with one attached hydrogen (secondary N) is 1. The van der Waals surface area contributed by atoms with Crippen molar-refractivity contribution >= 4 is 21.8 Å². The van der Waals surface area contributed by atoms with Crippen LogP contribution >= 0.6 is 15.9 Å². The largest absolute Gasteiger partial charge is 0.351 e. The highest BCUT2D eigenvalue weighted by Crippen LogP contribution is 2.13. The second kappa shape index (κ2) is 7.43. The molecule has 3 rings (SSSR count). The van der Waals surface area contributed by atoms with Crippen LogP contribution in [0, 0.1) is 6.92 Å². The van der Waals surface area contributed by atoms with Gasteiger partial charge in [0.1, 0.15) is 12.4 Å². The lowest BCUT2D eigenvalue weighted by molar-refractivity contribution is 0.0946. The van der Waals surface area contributed by atoms with E-state index in [1.807, 2.05) is 30.1 Å². The van der Waals surface area contributed by atoms with Gasteiger partial charge in [0.2, 0.25) is 0 Å². The van der Waals surface area contributed by atoms with E-state index >= 15 is 0 Å². The zero-order valence-electron chi connectivity index (χ0n) is 13.3. The minimum atomic E-state index is -0.174. The molecule has 3 aromatic heterocycles. The Balaban J connectivity index is 1.44. The summed E-state index contributed by atoms with van der Waals surface area (Å²) in [5.41, 5.74) is 1.36. The number of rotatable bonds is 7. The van der Waals surface area contributed by atoms with E-state index in [1.165, 1.54) is 0 Å². The van der Waals surface area contributed by atoms with Gasteiger partial charge in [-0.05, 0) is 41.4 Å². The van der Waals surface area contributed by atoms with Gasteiger partial charge in [-0.1, -0.05) is 0 Å². The molecule has 0 radical (unpaired) electrons. The second-order valence-corrected chi connectivity index (χ2v) is 6.22.